The summed E-state index contributed by atoms with van der Waals surface area (Å²) in [7, 11) is 0. The first kappa shape index (κ1) is 79.1. The van der Waals surface area contributed by atoms with E-state index in [-0.39, 0.29) is 31.1 Å². The predicted octanol–water partition coefficient (Wildman–Crippen LogP) is -3.97. The van der Waals surface area contributed by atoms with Gasteiger partial charge in [-0.05, 0) is 112 Å². The van der Waals surface area contributed by atoms with Crippen molar-refractivity contribution in [2.45, 2.75) is 311 Å². The molecule has 38 atom stereocenters. The number of hydrogen-bond donors (Lipinski definition) is 16. The van der Waals surface area contributed by atoms with Crippen LogP contribution >= 0.6 is 0 Å². The zero-order valence-corrected chi connectivity index (χ0v) is 58.8. The fourth-order valence-corrected chi connectivity index (χ4v) is 19.7. The van der Waals surface area contributed by atoms with Gasteiger partial charge in [0.05, 0.1) is 63.1 Å². The fourth-order valence-electron chi connectivity index (χ4n) is 19.7. The molecule has 0 spiro atoms. The number of aliphatic hydroxyl groups is 16. The minimum atomic E-state index is -2.27. The molecule has 33 heteroatoms. The number of hydrogen-bond acceptors (Lipinski definition) is 33. The molecule has 0 aromatic rings. The van der Waals surface area contributed by atoms with E-state index in [0.717, 1.165) is 19.4 Å². The van der Waals surface area contributed by atoms with Crippen LogP contribution in [0.3, 0.4) is 0 Å². The van der Waals surface area contributed by atoms with Gasteiger partial charge in [0.1, 0.15) is 104 Å². The Morgan fingerprint density at radius 2 is 1.10 bits per heavy atom. The highest BCUT2D eigenvalue weighted by molar-refractivity contribution is 5.80. The van der Waals surface area contributed by atoms with Crippen molar-refractivity contribution < 1.29 is 162 Å². The van der Waals surface area contributed by atoms with E-state index < -0.39 is 273 Å². The quantitative estimate of drug-likeness (QED) is 0.0269. The molecule has 10 fully saturated rings. The third-order valence-electron chi connectivity index (χ3n) is 25.5. The van der Waals surface area contributed by atoms with Gasteiger partial charge in [-0.1, -0.05) is 53.2 Å². The van der Waals surface area contributed by atoms with Crippen molar-refractivity contribution in [3.8, 4) is 0 Å². The van der Waals surface area contributed by atoms with Gasteiger partial charge in [0, 0.05) is 19.3 Å². The van der Waals surface area contributed by atoms with Crippen LogP contribution < -0.4 is 0 Å². The molecule has 578 valence electrons. The number of aliphatic hydroxyl groups excluding tert-OH is 15. The van der Waals surface area contributed by atoms with E-state index >= 15 is 4.79 Å². The molecule has 5 aliphatic carbocycles. The number of ether oxygens (including phenoxy) is 14. The molecule has 16 N–H and O–H groups in total. The van der Waals surface area contributed by atoms with Crippen LogP contribution in [0.5, 0.6) is 0 Å². The first-order valence-corrected chi connectivity index (χ1v) is 35.3. The van der Waals surface area contributed by atoms with Crippen molar-refractivity contribution in [2.75, 3.05) is 33.0 Å². The normalized spacial score (nSPS) is 53.4. The number of fused-ring (bicyclic) bond motifs is 7. The highest BCUT2D eigenvalue weighted by Crippen LogP contribution is 2.76. The van der Waals surface area contributed by atoms with Crippen LogP contribution in [0, 0.1) is 50.2 Å². The Kier molecular flexibility index (Phi) is 22.9. The predicted molar refractivity (Wildman–Crippen MR) is 335 cm³/mol. The van der Waals surface area contributed by atoms with Gasteiger partial charge >= 0.3 is 17.9 Å². The highest BCUT2D eigenvalue weighted by Gasteiger charge is 2.74. The smallest absolute Gasteiger partial charge is 0.317 e. The molecule has 0 amide bonds. The summed E-state index contributed by atoms with van der Waals surface area (Å²) in [6.07, 6.45) is -42.9. The van der Waals surface area contributed by atoms with E-state index in [1.54, 1.807) is 6.92 Å². The lowest BCUT2D eigenvalue weighted by Crippen LogP contribution is -2.70. The molecule has 11 rings (SSSR count). The van der Waals surface area contributed by atoms with Crippen LogP contribution in [0.25, 0.3) is 0 Å². The third kappa shape index (κ3) is 13.6. The molecule has 33 nitrogen and oxygen atoms in total. The van der Waals surface area contributed by atoms with Gasteiger partial charge in [-0.25, -0.2) is 0 Å². The van der Waals surface area contributed by atoms with Crippen molar-refractivity contribution in [1.82, 2.24) is 0 Å². The summed E-state index contributed by atoms with van der Waals surface area (Å²) < 4.78 is 84.5. The number of allylic oxidation sites excluding steroid dienone is 2. The van der Waals surface area contributed by atoms with Crippen LogP contribution in [-0.4, -0.2) is 316 Å². The van der Waals surface area contributed by atoms with Gasteiger partial charge in [0.25, 0.3) is 0 Å². The van der Waals surface area contributed by atoms with Gasteiger partial charge in [0.15, 0.2) is 49.3 Å². The van der Waals surface area contributed by atoms with E-state index in [1.807, 2.05) is 0 Å². The molecular weight excluding hydrogens is 1340 g/mol. The summed E-state index contributed by atoms with van der Waals surface area (Å²) in [5.74, 6) is -3.91. The average molecular weight is 1450 g/mol. The first-order chi connectivity index (χ1) is 47.2. The monoisotopic (exact) mass is 1450 g/mol. The molecular formula is C68H108O33. The van der Waals surface area contributed by atoms with Gasteiger partial charge < -0.3 is 148 Å². The van der Waals surface area contributed by atoms with Gasteiger partial charge in [-0.3, -0.25) is 14.4 Å². The summed E-state index contributed by atoms with van der Waals surface area (Å²) in [5.41, 5.74) is -6.93. The lowest BCUT2D eigenvalue weighted by atomic mass is 9.33. The topological polar surface area (TPSA) is 504 Å². The van der Waals surface area contributed by atoms with Crippen molar-refractivity contribution in [3.63, 3.8) is 0 Å². The van der Waals surface area contributed by atoms with Gasteiger partial charge in [-0.2, -0.15) is 0 Å². The van der Waals surface area contributed by atoms with Crippen molar-refractivity contribution >= 4 is 17.9 Å². The second-order valence-electron chi connectivity index (χ2n) is 32.4. The van der Waals surface area contributed by atoms with E-state index in [1.165, 1.54) is 20.8 Å². The summed E-state index contributed by atoms with van der Waals surface area (Å²) in [6, 6.07) is 0. The van der Waals surface area contributed by atoms with E-state index in [2.05, 4.69) is 40.7 Å². The van der Waals surface area contributed by atoms with Crippen LogP contribution in [0.15, 0.2) is 11.6 Å². The Balaban J connectivity index is 0.892. The van der Waals surface area contributed by atoms with E-state index in [0.29, 0.717) is 32.1 Å². The lowest BCUT2D eigenvalue weighted by Gasteiger charge is -2.72. The Bertz CT molecular complexity index is 2960. The van der Waals surface area contributed by atoms with Crippen LogP contribution in [-0.2, 0) is 80.7 Å². The number of carbonyl (C=O) groups is 3. The first-order valence-electron chi connectivity index (χ1n) is 35.3. The SMILES string of the molecule is CC(=O)OC[C@@]1(O)CO[C@H](O[C@H]2[C@@H](OC(C)=O)[C@@H](C)O[C@@H](OC(=O)[C@]34CCC(C)(C)C[C@H]3C3=CC[C@@H]5[C@@]6(C)C[C@H](O)[C@H](O[C@@H]7O[C@H](CO)[C@@H](O)[C@H](O)[C@H]7O)[C@@](C)(CO)[C@@H]6CC[C@@]5(C)[C@]3(C)C[C@H]4O)[C@@H]2O[C@@H]2O[C@H](C)[C@@H](O[C@@H]3O[C@H](CO)[C@H](O[C@H]4O[C@H](C)[C@@H](O)[C@H](O)[C@@H]4O)[C@H]3O)[C@H](O)[C@@H]2O)[C@@H]1O. The Labute approximate surface area is 584 Å². The standard InChI is InChI=1S/C68H108O33/c1-26-39(76)41(78)44(81)55(90-26)97-50-35(22-70)95-58(47(50)84)96-48-27(2)91-56(46(83)43(48)80)99-52-51(98-60-53(85)67(87,25-89-60)24-88-29(4)72)49(93-30(5)73)28(3)92-59(52)101-61(86)68-17-16-62(6,7)18-32(68)31-12-13-37-63(8)19-33(74)54(100-57-45(82)42(79)40(77)34(21-69)94-57)64(9,23-71)36(63)14-15-65(37,10)66(31,11)20-38(68)75/h12,26-28,32-60,69-71,74-85,87H,13-25H2,1-11H3/t26-,27-,28-,32+,33+,34-,35-,36-,37-,38-,39-,40-,41+,42+,43-,44+,45-,46+,47-,48-,49+,50+,51+,52-,53+,54+,55-,56+,57+,58+,59+,60-,63+,64+,65-,66-,67-,68-/m1/s1. The Hall–Kier alpha value is -2.93. The summed E-state index contributed by atoms with van der Waals surface area (Å²) in [5, 5.41) is 180. The summed E-state index contributed by atoms with van der Waals surface area (Å²) in [4.78, 5) is 41.3. The third-order valence-corrected chi connectivity index (χ3v) is 25.5. The van der Waals surface area contributed by atoms with Crippen LogP contribution in [0.1, 0.15) is 128 Å². The summed E-state index contributed by atoms with van der Waals surface area (Å²) >= 11 is 0. The molecule has 6 saturated heterocycles. The maximum atomic E-state index is 16.2. The highest BCUT2D eigenvalue weighted by atomic mass is 16.8. The van der Waals surface area contributed by atoms with E-state index in [4.69, 9.17) is 66.3 Å². The number of rotatable bonds is 18. The zero-order chi connectivity index (χ0) is 74.1. The van der Waals surface area contributed by atoms with Crippen LogP contribution in [0.4, 0.5) is 0 Å². The number of carbonyl (C=O) groups excluding carboxylic acids is 3. The minimum absolute atomic E-state index is 0.0292. The average Bonchev–Trinajstić information content (AvgIpc) is 1.04. The second-order valence-corrected chi connectivity index (χ2v) is 32.4. The zero-order valence-electron chi connectivity index (χ0n) is 58.8. The molecule has 6 aliphatic heterocycles. The summed E-state index contributed by atoms with van der Waals surface area (Å²) in [6.45, 7) is 15.3. The fraction of sp³-hybridized carbons (Fsp3) is 0.926. The van der Waals surface area contributed by atoms with Crippen molar-refractivity contribution in [2.24, 2.45) is 50.2 Å². The van der Waals surface area contributed by atoms with E-state index in [9.17, 15) is 91.3 Å². The molecule has 0 unspecified atom stereocenters. The van der Waals surface area contributed by atoms with Crippen molar-refractivity contribution in [3.05, 3.63) is 11.6 Å². The molecule has 6 heterocycles. The Morgan fingerprint density at radius 3 is 1.73 bits per heavy atom. The molecule has 0 aromatic carbocycles. The lowest BCUT2D eigenvalue weighted by molar-refractivity contribution is -0.378. The van der Waals surface area contributed by atoms with Gasteiger partial charge in [0.2, 0.25) is 6.29 Å². The maximum Gasteiger partial charge on any atom is 0.317 e. The van der Waals surface area contributed by atoms with Crippen molar-refractivity contribution in [1.29, 1.82) is 0 Å². The Morgan fingerprint density at radius 1 is 0.535 bits per heavy atom. The molecule has 101 heavy (non-hydrogen) atoms. The maximum absolute atomic E-state index is 16.2. The number of esters is 3. The minimum Gasteiger partial charge on any atom is -0.463 e. The molecule has 11 aliphatic rings. The molecule has 0 aromatic heterocycles. The van der Waals surface area contributed by atoms with Crippen LogP contribution in [0.2, 0.25) is 0 Å². The molecule has 4 saturated carbocycles. The second kappa shape index (κ2) is 29.2. The largest absolute Gasteiger partial charge is 0.463 e. The molecule has 0 bridgehead atoms. The molecule has 0 radical (unpaired) electrons. The van der Waals surface area contributed by atoms with Gasteiger partial charge in [-0.15, -0.1) is 0 Å².